The Hall–Kier alpha value is -2.10. The summed E-state index contributed by atoms with van der Waals surface area (Å²) >= 11 is 1.27. The van der Waals surface area contributed by atoms with Crippen LogP contribution in [0.3, 0.4) is 0 Å². The second kappa shape index (κ2) is 10.5. The van der Waals surface area contributed by atoms with Crippen molar-refractivity contribution in [3.05, 3.63) is 42.1 Å². The summed E-state index contributed by atoms with van der Waals surface area (Å²) in [7, 11) is -1.97. The smallest absolute Gasteiger partial charge is 0.244 e. The van der Waals surface area contributed by atoms with Crippen LogP contribution < -0.4 is 10.1 Å². The highest BCUT2D eigenvalue weighted by molar-refractivity contribution is 8.00. The summed E-state index contributed by atoms with van der Waals surface area (Å²) in [6, 6.07) is 8.82. The first-order chi connectivity index (χ1) is 14.8. The van der Waals surface area contributed by atoms with Crippen LogP contribution in [-0.4, -0.2) is 49.1 Å². The minimum absolute atomic E-state index is 0.183. The molecule has 0 radical (unpaired) electrons. The number of thioether (sulfide) groups is 1. The van der Waals surface area contributed by atoms with E-state index in [1.165, 1.54) is 18.0 Å². The minimum Gasteiger partial charge on any atom is -0.495 e. The average Bonchev–Trinajstić information content (AvgIpc) is 3.04. The van der Waals surface area contributed by atoms with E-state index in [1.54, 1.807) is 30.5 Å². The van der Waals surface area contributed by atoms with E-state index in [2.05, 4.69) is 10.3 Å². The number of aromatic nitrogens is 1. The molecule has 7 nitrogen and oxygen atoms in total. The number of benzene rings is 1. The number of sulfonamides is 1. The number of ether oxygens (including phenoxy) is 1. The molecule has 0 aliphatic carbocycles. The molecule has 1 unspecified atom stereocenters. The van der Waals surface area contributed by atoms with Crippen molar-refractivity contribution in [2.75, 3.05) is 25.5 Å². The van der Waals surface area contributed by atoms with E-state index in [-0.39, 0.29) is 10.8 Å². The zero-order valence-corrected chi connectivity index (χ0v) is 19.8. The number of amides is 1. The van der Waals surface area contributed by atoms with Crippen LogP contribution >= 0.6 is 11.8 Å². The monoisotopic (exact) mass is 463 g/mol. The topological polar surface area (TPSA) is 88.6 Å². The minimum atomic E-state index is -3.53. The van der Waals surface area contributed by atoms with Crippen molar-refractivity contribution >= 4 is 33.4 Å². The molecule has 2 aromatic rings. The second-order valence-corrected chi connectivity index (χ2v) is 10.9. The Balaban J connectivity index is 1.65. The average molecular weight is 464 g/mol. The van der Waals surface area contributed by atoms with E-state index >= 15 is 0 Å². The van der Waals surface area contributed by atoms with Crippen molar-refractivity contribution in [3.8, 4) is 5.75 Å². The molecule has 3 rings (SSSR count). The number of aryl methyl sites for hydroxylation is 1. The maximum absolute atomic E-state index is 12.9. The largest absolute Gasteiger partial charge is 0.495 e. The Kier molecular flexibility index (Phi) is 7.96. The van der Waals surface area contributed by atoms with Gasteiger partial charge >= 0.3 is 0 Å². The Morgan fingerprint density at radius 1 is 1.16 bits per heavy atom. The molecule has 1 saturated heterocycles. The van der Waals surface area contributed by atoms with E-state index in [0.29, 0.717) is 29.6 Å². The third kappa shape index (κ3) is 5.99. The highest BCUT2D eigenvalue weighted by atomic mass is 32.2. The van der Waals surface area contributed by atoms with Gasteiger partial charge in [0.1, 0.15) is 10.6 Å². The highest BCUT2D eigenvalue weighted by Crippen LogP contribution is 2.28. The van der Waals surface area contributed by atoms with Gasteiger partial charge in [-0.15, -0.1) is 0 Å². The van der Waals surface area contributed by atoms with Crippen LogP contribution in [-0.2, 0) is 14.8 Å². The molecular weight excluding hydrogens is 434 g/mol. The first-order valence-electron chi connectivity index (χ1n) is 10.4. The van der Waals surface area contributed by atoms with Gasteiger partial charge in [0.15, 0.2) is 0 Å². The van der Waals surface area contributed by atoms with Crippen LogP contribution in [0.5, 0.6) is 5.75 Å². The lowest BCUT2D eigenvalue weighted by Crippen LogP contribution is -2.32. The van der Waals surface area contributed by atoms with Gasteiger partial charge in [-0.3, -0.25) is 4.79 Å². The van der Waals surface area contributed by atoms with Crippen LogP contribution in [0.4, 0.5) is 5.69 Å². The van der Waals surface area contributed by atoms with Gasteiger partial charge < -0.3 is 10.1 Å². The molecule has 1 N–H and O–H groups in total. The number of hydrogen-bond acceptors (Lipinski definition) is 6. The summed E-state index contributed by atoms with van der Waals surface area (Å²) < 4.78 is 32.6. The van der Waals surface area contributed by atoms with Gasteiger partial charge in [-0.25, -0.2) is 13.4 Å². The standard InChI is InChI=1S/C22H29N3O4S2/c1-16-8-10-20(29-3)19(14-16)24-22(26)17(2)30-21-11-9-18(15-23-21)31(27,28)25-12-6-4-5-7-13-25/h8-11,14-15,17H,4-7,12-13H2,1-3H3,(H,24,26). The van der Waals surface area contributed by atoms with Crippen molar-refractivity contribution in [1.29, 1.82) is 0 Å². The molecule has 1 aliphatic heterocycles. The molecule has 1 aromatic heterocycles. The van der Waals surface area contributed by atoms with Crippen molar-refractivity contribution in [1.82, 2.24) is 9.29 Å². The fourth-order valence-corrected chi connectivity index (χ4v) is 5.66. The van der Waals surface area contributed by atoms with E-state index in [1.807, 2.05) is 25.1 Å². The van der Waals surface area contributed by atoms with Gasteiger partial charge in [-0.1, -0.05) is 30.7 Å². The van der Waals surface area contributed by atoms with Gasteiger partial charge in [-0.05, 0) is 56.5 Å². The van der Waals surface area contributed by atoms with Crippen molar-refractivity contribution in [2.24, 2.45) is 0 Å². The molecule has 31 heavy (non-hydrogen) atoms. The lowest BCUT2D eigenvalue weighted by molar-refractivity contribution is -0.115. The molecule has 1 amide bonds. The van der Waals surface area contributed by atoms with Crippen LogP contribution in [0, 0.1) is 6.92 Å². The predicted molar refractivity (Wildman–Crippen MR) is 123 cm³/mol. The van der Waals surface area contributed by atoms with Crippen molar-refractivity contribution in [2.45, 2.75) is 54.7 Å². The molecule has 1 aromatic carbocycles. The number of nitrogens with zero attached hydrogens (tertiary/aromatic N) is 2. The summed E-state index contributed by atoms with van der Waals surface area (Å²) in [4.78, 5) is 17.1. The molecule has 0 bridgehead atoms. The Bertz CT molecular complexity index is 1000. The molecule has 2 heterocycles. The van der Waals surface area contributed by atoms with Crippen LogP contribution in [0.2, 0.25) is 0 Å². The summed E-state index contributed by atoms with van der Waals surface area (Å²) in [5.74, 6) is 0.411. The molecule has 0 spiro atoms. The van der Waals surface area contributed by atoms with Crippen molar-refractivity contribution in [3.63, 3.8) is 0 Å². The lowest BCUT2D eigenvalue weighted by atomic mass is 10.2. The van der Waals surface area contributed by atoms with E-state index in [9.17, 15) is 13.2 Å². The highest BCUT2D eigenvalue weighted by Gasteiger charge is 2.25. The number of nitrogens with one attached hydrogen (secondary N) is 1. The number of rotatable bonds is 7. The first-order valence-corrected chi connectivity index (χ1v) is 12.7. The number of pyridine rings is 1. The first kappa shape index (κ1) is 23.6. The Labute approximate surface area is 188 Å². The van der Waals surface area contributed by atoms with Gasteiger partial charge in [0.2, 0.25) is 15.9 Å². The fourth-order valence-electron chi connectivity index (χ4n) is 3.41. The molecule has 1 fully saturated rings. The maximum atomic E-state index is 12.9. The SMILES string of the molecule is COc1ccc(C)cc1NC(=O)C(C)Sc1ccc(S(=O)(=O)N2CCCCCC2)cn1. The number of anilines is 1. The zero-order valence-electron chi connectivity index (χ0n) is 18.1. The Morgan fingerprint density at radius 2 is 1.87 bits per heavy atom. The van der Waals surface area contributed by atoms with Crippen molar-refractivity contribution < 1.29 is 17.9 Å². The van der Waals surface area contributed by atoms with Crippen LogP contribution in [0.15, 0.2) is 46.5 Å². The Morgan fingerprint density at radius 3 is 2.48 bits per heavy atom. The quantitative estimate of drug-likeness (QED) is 0.623. The predicted octanol–water partition coefficient (Wildman–Crippen LogP) is 4.08. The van der Waals surface area contributed by atoms with E-state index in [4.69, 9.17) is 4.74 Å². The third-order valence-electron chi connectivity index (χ3n) is 5.19. The lowest BCUT2D eigenvalue weighted by Gasteiger charge is -2.19. The van der Waals surface area contributed by atoms with Gasteiger partial charge in [0.25, 0.3) is 0 Å². The van der Waals surface area contributed by atoms with Gasteiger partial charge in [0.05, 0.1) is 23.1 Å². The third-order valence-corrected chi connectivity index (χ3v) is 8.12. The fraction of sp³-hybridized carbons (Fsp3) is 0.455. The zero-order chi connectivity index (χ0) is 22.4. The summed E-state index contributed by atoms with van der Waals surface area (Å²) in [6.45, 7) is 4.83. The molecule has 1 aliphatic rings. The number of hydrogen-bond donors (Lipinski definition) is 1. The maximum Gasteiger partial charge on any atom is 0.244 e. The van der Waals surface area contributed by atoms with Crippen LogP contribution in [0.1, 0.15) is 38.2 Å². The number of carbonyl (C=O) groups excluding carboxylic acids is 1. The van der Waals surface area contributed by atoms with E-state index < -0.39 is 15.3 Å². The summed E-state index contributed by atoms with van der Waals surface area (Å²) in [6.07, 6.45) is 5.29. The normalized spacial score (nSPS) is 16.4. The summed E-state index contributed by atoms with van der Waals surface area (Å²) in [5.41, 5.74) is 1.63. The van der Waals surface area contributed by atoms with Crippen LogP contribution in [0.25, 0.3) is 0 Å². The molecular formula is C22H29N3O4S2. The molecule has 9 heteroatoms. The number of methoxy groups -OCH3 is 1. The second-order valence-electron chi connectivity index (χ2n) is 7.60. The van der Waals surface area contributed by atoms with Gasteiger partial charge in [0, 0.05) is 19.3 Å². The summed E-state index contributed by atoms with van der Waals surface area (Å²) in [5, 5.41) is 3.06. The molecule has 1 atom stereocenters. The van der Waals surface area contributed by atoms with E-state index in [0.717, 1.165) is 31.2 Å². The molecule has 168 valence electrons. The van der Waals surface area contributed by atoms with Gasteiger partial charge in [-0.2, -0.15) is 4.31 Å². The number of carbonyl (C=O) groups is 1. The molecule has 0 saturated carbocycles.